The molecule has 0 aliphatic carbocycles. The summed E-state index contributed by atoms with van der Waals surface area (Å²) in [5.41, 5.74) is 5.69. The lowest BCUT2D eigenvalue weighted by Crippen LogP contribution is -2.37. The maximum absolute atomic E-state index is 9.31. The van der Waals surface area contributed by atoms with Crippen molar-refractivity contribution in [3.63, 3.8) is 0 Å². The molecule has 16 heavy (non-hydrogen) atoms. The number of hydrogen-bond acceptors (Lipinski definition) is 7. The quantitative estimate of drug-likeness (QED) is 0.705. The van der Waals surface area contributed by atoms with Gasteiger partial charge in [-0.05, 0) is 12.1 Å². The summed E-state index contributed by atoms with van der Waals surface area (Å²) in [6.45, 7) is 4.38. The molecule has 0 aromatic carbocycles. The summed E-state index contributed by atoms with van der Waals surface area (Å²) >= 11 is 0. The van der Waals surface area contributed by atoms with E-state index in [1.807, 2.05) is 4.90 Å². The Kier molecular flexibility index (Phi) is 3.37. The highest BCUT2D eigenvalue weighted by molar-refractivity contribution is 5.28. The monoisotopic (exact) mass is 228 g/mol. The Hall–Kier alpha value is -1.18. The van der Waals surface area contributed by atoms with Crippen LogP contribution in [0.15, 0.2) is 4.52 Å². The minimum Gasteiger partial charge on any atom is -0.391 e. The summed E-state index contributed by atoms with van der Waals surface area (Å²) in [6, 6.07) is -0.637. The fourth-order valence-corrected chi connectivity index (χ4v) is 1.46. The number of nitrogens with zero attached hydrogens (tertiary/aromatic N) is 3. The average molecular weight is 228 g/mol. The van der Waals surface area contributed by atoms with E-state index in [1.54, 1.807) is 6.92 Å². The number of nitrogens with two attached hydrogens (primary N) is 1. The Bertz CT molecular complexity index is 335. The molecule has 1 aliphatic rings. The Balaban J connectivity index is 2.06. The number of rotatable bonds is 3. The molecule has 0 bridgehead atoms. The highest BCUT2D eigenvalue weighted by atomic mass is 16.5. The molecule has 2 unspecified atom stereocenters. The van der Waals surface area contributed by atoms with Gasteiger partial charge in [0.15, 0.2) is 0 Å². The van der Waals surface area contributed by atoms with Crippen molar-refractivity contribution in [2.24, 2.45) is 5.73 Å². The topological polar surface area (TPSA) is 97.6 Å². The molecule has 1 saturated heterocycles. The summed E-state index contributed by atoms with van der Waals surface area (Å²) < 4.78 is 10.2. The van der Waals surface area contributed by atoms with Crippen LogP contribution in [0.2, 0.25) is 0 Å². The third kappa shape index (κ3) is 2.31. The van der Waals surface area contributed by atoms with Crippen LogP contribution in [0, 0.1) is 0 Å². The number of ether oxygens (including phenoxy) is 1. The first kappa shape index (κ1) is 11.3. The molecule has 0 spiro atoms. The maximum atomic E-state index is 9.31. The zero-order chi connectivity index (χ0) is 11.5. The summed E-state index contributed by atoms with van der Waals surface area (Å²) in [5, 5.41) is 13.1. The molecule has 2 heterocycles. The summed E-state index contributed by atoms with van der Waals surface area (Å²) in [5.74, 6) is 0.769. The van der Waals surface area contributed by atoms with Crippen molar-refractivity contribution in [2.75, 3.05) is 31.2 Å². The third-order valence-corrected chi connectivity index (χ3v) is 2.53. The largest absolute Gasteiger partial charge is 0.391 e. The van der Waals surface area contributed by atoms with E-state index in [-0.39, 0.29) is 5.89 Å². The number of aromatic nitrogens is 2. The number of aliphatic hydroxyl groups excluding tert-OH is 1. The SMILES string of the molecule is CC(O)C(N)c1nc(N2CCOCC2)no1. The van der Waals surface area contributed by atoms with Gasteiger partial charge in [0, 0.05) is 13.1 Å². The van der Waals surface area contributed by atoms with Crippen molar-refractivity contribution >= 4 is 5.95 Å². The van der Waals surface area contributed by atoms with E-state index in [1.165, 1.54) is 0 Å². The molecule has 0 amide bonds. The smallest absolute Gasteiger partial charge is 0.266 e. The molecule has 1 aromatic rings. The van der Waals surface area contributed by atoms with Gasteiger partial charge in [-0.25, -0.2) is 0 Å². The Morgan fingerprint density at radius 2 is 2.12 bits per heavy atom. The van der Waals surface area contributed by atoms with E-state index in [0.717, 1.165) is 13.1 Å². The van der Waals surface area contributed by atoms with E-state index in [2.05, 4.69) is 10.1 Å². The predicted molar refractivity (Wildman–Crippen MR) is 55.9 cm³/mol. The zero-order valence-electron chi connectivity index (χ0n) is 9.17. The van der Waals surface area contributed by atoms with Gasteiger partial charge in [-0.3, -0.25) is 0 Å². The van der Waals surface area contributed by atoms with Gasteiger partial charge in [-0.15, -0.1) is 0 Å². The zero-order valence-corrected chi connectivity index (χ0v) is 9.17. The Morgan fingerprint density at radius 3 is 2.75 bits per heavy atom. The van der Waals surface area contributed by atoms with Gasteiger partial charge in [-0.1, -0.05) is 0 Å². The highest BCUT2D eigenvalue weighted by Crippen LogP contribution is 2.16. The molecule has 3 N–H and O–H groups in total. The lowest BCUT2D eigenvalue weighted by atomic mass is 10.2. The third-order valence-electron chi connectivity index (χ3n) is 2.53. The highest BCUT2D eigenvalue weighted by Gasteiger charge is 2.22. The Morgan fingerprint density at radius 1 is 1.44 bits per heavy atom. The van der Waals surface area contributed by atoms with Crippen molar-refractivity contribution in [3.05, 3.63) is 5.89 Å². The summed E-state index contributed by atoms with van der Waals surface area (Å²) in [4.78, 5) is 6.13. The van der Waals surface area contributed by atoms with E-state index in [4.69, 9.17) is 15.0 Å². The fraction of sp³-hybridized carbons (Fsp3) is 0.778. The van der Waals surface area contributed by atoms with E-state index >= 15 is 0 Å². The molecular formula is C9H16N4O3. The van der Waals surface area contributed by atoms with Crippen LogP contribution in [-0.2, 0) is 4.74 Å². The van der Waals surface area contributed by atoms with Gasteiger partial charge >= 0.3 is 0 Å². The van der Waals surface area contributed by atoms with Crippen LogP contribution in [-0.4, -0.2) is 47.7 Å². The first-order chi connectivity index (χ1) is 7.68. The molecule has 7 heteroatoms. The van der Waals surface area contributed by atoms with Gasteiger partial charge < -0.3 is 25.0 Å². The minimum absolute atomic E-state index is 0.261. The minimum atomic E-state index is -0.710. The standard InChI is InChI=1S/C9H16N4O3/c1-6(14)7(10)8-11-9(12-16-8)13-2-4-15-5-3-13/h6-7,14H,2-5,10H2,1H3. The van der Waals surface area contributed by atoms with Crippen LogP contribution in [0.4, 0.5) is 5.95 Å². The van der Waals surface area contributed by atoms with Crippen molar-refractivity contribution in [3.8, 4) is 0 Å². The second-order valence-electron chi connectivity index (χ2n) is 3.80. The molecule has 0 saturated carbocycles. The Labute approximate surface area is 93.2 Å². The second-order valence-corrected chi connectivity index (χ2v) is 3.80. The lowest BCUT2D eigenvalue weighted by Gasteiger charge is -2.24. The molecule has 1 fully saturated rings. The molecule has 2 atom stereocenters. The maximum Gasteiger partial charge on any atom is 0.266 e. The van der Waals surface area contributed by atoms with E-state index in [0.29, 0.717) is 19.2 Å². The molecule has 90 valence electrons. The van der Waals surface area contributed by atoms with Gasteiger partial charge in [0.05, 0.1) is 19.3 Å². The van der Waals surface area contributed by atoms with E-state index in [9.17, 15) is 5.11 Å². The van der Waals surface area contributed by atoms with Crippen LogP contribution >= 0.6 is 0 Å². The molecular weight excluding hydrogens is 212 g/mol. The first-order valence-electron chi connectivity index (χ1n) is 5.28. The van der Waals surface area contributed by atoms with Gasteiger partial charge in [0.25, 0.3) is 5.95 Å². The van der Waals surface area contributed by atoms with Crippen LogP contribution in [0.5, 0.6) is 0 Å². The van der Waals surface area contributed by atoms with Crippen LogP contribution in [0.3, 0.4) is 0 Å². The normalized spacial score (nSPS) is 20.8. The fourth-order valence-electron chi connectivity index (χ4n) is 1.46. The van der Waals surface area contributed by atoms with E-state index < -0.39 is 12.1 Å². The predicted octanol–water partition coefficient (Wildman–Crippen LogP) is -0.713. The molecule has 2 rings (SSSR count). The van der Waals surface area contributed by atoms with Crippen molar-refractivity contribution in [1.29, 1.82) is 0 Å². The lowest BCUT2D eigenvalue weighted by molar-refractivity contribution is 0.121. The number of aliphatic hydroxyl groups is 1. The van der Waals surface area contributed by atoms with Gasteiger partial charge in [0.1, 0.15) is 6.04 Å². The average Bonchev–Trinajstić information content (AvgIpc) is 2.78. The number of morpholine rings is 1. The number of anilines is 1. The van der Waals surface area contributed by atoms with Crippen LogP contribution in [0.1, 0.15) is 18.9 Å². The first-order valence-corrected chi connectivity index (χ1v) is 5.28. The molecule has 0 radical (unpaired) electrons. The van der Waals surface area contributed by atoms with Crippen LogP contribution < -0.4 is 10.6 Å². The summed E-state index contributed by atoms with van der Waals surface area (Å²) in [7, 11) is 0. The second kappa shape index (κ2) is 4.77. The summed E-state index contributed by atoms with van der Waals surface area (Å²) in [6.07, 6.45) is -0.710. The molecule has 7 nitrogen and oxygen atoms in total. The van der Waals surface area contributed by atoms with Gasteiger partial charge in [-0.2, -0.15) is 4.98 Å². The van der Waals surface area contributed by atoms with Gasteiger partial charge in [0.2, 0.25) is 5.89 Å². The van der Waals surface area contributed by atoms with Crippen molar-refractivity contribution in [1.82, 2.24) is 10.1 Å². The van der Waals surface area contributed by atoms with Crippen molar-refractivity contribution < 1.29 is 14.4 Å². The van der Waals surface area contributed by atoms with Crippen LogP contribution in [0.25, 0.3) is 0 Å². The molecule has 1 aromatic heterocycles. The number of hydrogen-bond donors (Lipinski definition) is 2. The van der Waals surface area contributed by atoms with Crippen molar-refractivity contribution in [2.45, 2.75) is 19.1 Å². The molecule has 1 aliphatic heterocycles.